The number of hydrogen-bond donors (Lipinski definition) is 1. The zero-order valence-corrected chi connectivity index (χ0v) is 14.3. The molecule has 0 aromatic carbocycles. The fourth-order valence-corrected chi connectivity index (χ4v) is 1.66. The van der Waals surface area contributed by atoms with Crippen LogP contribution in [0.4, 0.5) is 70.2 Å². The molecule has 0 rings (SSSR count). The monoisotopic (exact) mass is 500 g/mol. The number of rotatable bonds is 10. The zero-order valence-electron chi connectivity index (χ0n) is 14.3. The van der Waals surface area contributed by atoms with E-state index in [0.29, 0.717) is 6.92 Å². The molecule has 0 saturated heterocycles. The third kappa shape index (κ3) is 4.12. The molecule has 184 valence electrons. The molecule has 18 heteroatoms. The fourth-order valence-electron chi connectivity index (χ4n) is 1.66. The molecule has 2 nitrogen and oxygen atoms in total. The number of alkyl halides is 16. The molecular weight excluding hydrogens is 492 g/mol. The van der Waals surface area contributed by atoms with Crippen LogP contribution >= 0.6 is 0 Å². The van der Waals surface area contributed by atoms with Gasteiger partial charge in [-0.05, 0) is 6.92 Å². The third-order valence-corrected chi connectivity index (χ3v) is 3.73. The van der Waals surface area contributed by atoms with Crippen LogP contribution < -0.4 is 0 Å². The summed E-state index contributed by atoms with van der Waals surface area (Å²) in [6, 6.07) is 0. The van der Waals surface area contributed by atoms with Crippen LogP contribution in [0.2, 0.25) is 0 Å². The first-order chi connectivity index (χ1) is 13.3. The molecule has 0 aromatic heterocycles. The topological polar surface area (TPSA) is 37.3 Å². The van der Waals surface area contributed by atoms with Crippen LogP contribution in [-0.2, 0) is 4.79 Å². The largest absolute Gasteiger partial charge is 0.478 e. The Morgan fingerprint density at radius 1 is 0.710 bits per heavy atom. The van der Waals surface area contributed by atoms with Gasteiger partial charge in [-0.1, -0.05) is 6.08 Å². The molecule has 0 radical (unpaired) electrons. The Morgan fingerprint density at radius 3 is 1.35 bits per heavy atom. The average Bonchev–Trinajstić information content (AvgIpc) is 2.58. The fraction of sp³-hybridized carbons (Fsp3) is 0.769. The standard InChI is InChI=1S/C13H8F16O2/c1-4(5(30)31)2-3-7(16,17)9(20,21)11(24,25)13(28,29)12(26,27)10(22,23)8(18,19)6(14)15/h2,6H,3H2,1H3,(H,30,31)/b4-2+. The molecule has 0 bridgehead atoms. The van der Waals surface area contributed by atoms with E-state index in [0.717, 1.165) is 0 Å². The van der Waals surface area contributed by atoms with Gasteiger partial charge in [0.2, 0.25) is 0 Å². The van der Waals surface area contributed by atoms with Crippen LogP contribution in [0.1, 0.15) is 13.3 Å². The van der Waals surface area contributed by atoms with E-state index in [-0.39, 0.29) is 0 Å². The van der Waals surface area contributed by atoms with Crippen LogP contribution in [-0.4, -0.2) is 59.0 Å². The number of carbonyl (C=O) groups is 1. The normalized spacial score (nSPS) is 16.1. The van der Waals surface area contributed by atoms with Gasteiger partial charge < -0.3 is 5.11 Å². The highest BCUT2D eigenvalue weighted by Crippen LogP contribution is 2.63. The number of allylic oxidation sites excluding steroid dienone is 1. The molecule has 31 heavy (non-hydrogen) atoms. The molecule has 1 N–H and O–H groups in total. The van der Waals surface area contributed by atoms with Crippen LogP contribution in [0.25, 0.3) is 0 Å². The molecule has 0 aliphatic carbocycles. The minimum absolute atomic E-state index is 0.407. The smallest absolute Gasteiger partial charge is 0.384 e. The van der Waals surface area contributed by atoms with Gasteiger partial charge in [0.15, 0.2) is 0 Å². The maximum atomic E-state index is 13.4. The summed E-state index contributed by atoms with van der Waals surface area (Å²) in [4.78, 5) is 10.3. The number of carboxylic acid groups (broad SMARTS) is 1. The first-order valence-corrected chi connectivity index (χ1v) is 7.10. The van der Waals surface area contributed by atoms with Crippen molar-refractivity contribution >= 4 is 5.97 Å². The van der Waals surface area contributed by atoms with Crippen molar-refractivity contribution in [3.05, 3.63) is 11.6 Å². The van der Waals surface area contributed by atoms with Crippen LogP contribution in [0.3, 0.4) is 0 Å². The lowest BCUT2D eigenvalue weighted by atomic mass is 9.88. The predicted octanol–water partition coefficient (Wildman–Crippen LogP) is 6.12. The summed E-state index contributed by atoms with van der Waals surface area (Å²) in [7, 11) is 0. The van der Waals surface area contributed by atoms with Gasteiger partial charge in [0.1, 0.15) is 0 Å². The Kier molecular flexibility index (Phi) is 7.41. The quantitative estimate of drug-likeness (QED) is 0.290. The van der Waals surface area contributed by atoms with Crippen LogP contribution in [0.15, 0.2) is 11.6 Å². The summed E-state index contributed by atoms with van der Waals surface area (Å²) >= 11 is 0. The second-order valence-electron chi connectivity index (χ2n) is 5.90. The summed E-state index contributed by atoms with van der Waals surface area (Å²) in [5, 5.41) is 8.30. The van der Waals surface area contributed by atoms with E-state index in [1.165, 1.54) is 0 Å². The minimum atomic E-state index is -8.46. The predicted molar refractivity (Wildman–Crippen MR) is 66.6 cm³/mol. The maximum Gasteiger partial charge on any atom is 0.384 e. The van der Waals surface area contributed by atoms with E-state index >= 15 is 0 Å². The summed E-state index contributed by atoms with van der Waals surface area (Å²) < 4.78 is 208. The van der Waals surface area contributed by atoms with Crippen molar-refractivity contribution < 1.29 is 80.1 Å². The third-order valence-electron chi connectivity index (χ3n) is 3.73. The van der Waals surface area contributed by atoms with E-state index < -0.39 is 71.9 Å². The summed E-state index contributed by atoms with van der Waals surface area (Å²) in [5.74, 6) is -57.1. The summed E-state index contributed by atoms with van der Waals surface area (Å²) in [6.07, 6.45) is -9.20. The second kappa shape index (κ2) is 7.90. The van der Waals surface area contributed by atoms with Crippen LogP contribution in [0.5, 0.6) is 0 Å². The van der Waals surface area contributed by atoms with Gasteiger partial charge in [0.25, 0.3) is 0 Å². The first kappa shape index (κ1) is 29.1. The molecule has 0 aromatic rings. The van der Waals surface area contributed by atoms with Gasteiger partial charge in [-0.3, -0.25) is 0 Å². The Labute approximate surface area is 160 Å². The summed E-state index contributed by atoms with van der Waals surface area (Å²) in [5.41, 5.74) is -1.26. The van der Waals surface area contributed by atoms with Crippen molar-refractivity contribution in [2.75, 3.05) is 0 Å². The molecule has 0 amide bonds. The lowest BCUT2D eigenvalue weighted by Gasteiger charge is -2.42. The van der Waals surface area contributed by atoms with Gasteiger partial charge >= 0.3 is 53.9 Å². The molecule has 0 spiro atoms. The summed E-state index contributed by atoms with van der Waals surface area (Å²) in [6.45, 7) is 0.407. The van der Waals surface area contributed by atoms with Crippen molar-refractivity contribution in [3.8, 4) is 0 Å². The van der Waals surface area contributed by atoms with Gasteiger partial charge in [0.05, 0.1) is 0 Å². The lowest BCUT2D eigenvalue weighted by molar-refractivity contribution is -0.446. The SMILES string of the molecule is C/C(=C\CC(F)(F)C(F)(F)C(F)(F)C(F)(F)C(F)(F)C(F)(F)C(F)(F)C(F)F)C(=O)O. The number of carboxylic acids is 1. The molecule has 0 atom stereocenters. The van der Waals surface area contributed by atoms with Crippen molar-refractivity contribution in [2.24, 2.45) is 0 Å². The highest BCUT2D eigenvalue weighted by atomic mass is 19.4. The van der Waals surface area contributed by atoms with Gasteiger partial charge in [-0.25, -0.2) is 13.6 Å². The van der Waals surface area contributed by atoms with Crippen molar-refractivity contribution in [2.45, 2.75) is 61.2 Å². The lowest BCUT2D eigenvalue weighted by Crippen LogP contribution is -2.73. The van der Waals surface area contributed by atoms with Gasteiger partial charge in [-0.2, -0.15) is 61.5 Å². The molecule has 0 unspecified atom stereocenters. The first-order valence-electron chi connectivity index (χ1n) is 7.10. The maximum absolute atomic E-state index is 13.4. The van der Waals surface area contributed by atoms with E-state index in [1.807, 2.05) is 0 Å². The van der Waals surface area contributed by atoms with Crippen LogP contribution in [0, 0.1) is 0 Å². The van der Waals surface area contributed by atoms with E-state index in [4.69, 9.17) is 5.11 Å². The Morgan fingerprint density at radius 2 is 1.03 bits per heavy atom. The Balaban J connectivity index is 6.56. The molecule has 0 heterocycles. The Hall–Kier alpha value is -1.91. The number of halogens is 16. The van der Waals surface area contributed by atoms with Crippen molar-refractivity contribution in [3.63, 3.8) is 0 Å². The second-order valence-corrected chi connectivity index (χ2v) is 5.90. The zero-order chi connectivity index (χ0) is 25.6. The highest BCUT2D eigenvalue weighted by molar-refractivity contribution is 5.85. The molecule has 0 saturated carbocycles. The molecule has 0 fully saturated rings. The van der Waals surface area contributed by atoms with Gasteiger partial charge in [0, 0.05) is 12.0 Å². The minimum Gasteiger partial charge on any atom is -0.478 e. The molecule has 0 aliphatic rings. The van der Waals surface area contributed by atoms with Crippen molar-refractivity contribution in [1.82, 2.24) is 0 Å². The van der Waals surface area contributed by atoms with Crippen molar-refractivity contribution in [1.29, 1.82) is 0 Å². The van der Waals surface area contributed by atoms with E-state index in [2.05, 4.69) is 0 Å². The Bertz CT molecular complexity index is 708. The van der Waals surface area contributed by atoms with E-state index in [9.17, 15) is 75.0 Å². The average molecular weight is 500 g/mol. The molecule has 0 aliphatic heterocycles. The van der Waals surface area contributed by atoms with E-state index in [1.54, 1.807) is 0 Å². The molecular formula is C13H8F16O2. The van der Waals surface area contributed by atoms with Gasteiger partial charge in [-0.15, -0.1) is 0 Å². The number of hydrogen-bond acceptors (Lipinski definition) is 1. The number of aliphatic carboxylic acids is 1. The highest BCUT2D eigenvalue weighted by Gasteiger charge is 2.93.